The molecule has 1 amide bonds. The number of nitrogens with two attached hydrogens (primary N) is 1. The Kier molecular flexibility index (Phi) is 4.45. The van der Waals surface area contributed by atoms with Gasteiger partial charge in [0.05, 0.1) is 18.7 Å². The number of carbonyl (C=O) groups is 1. The van der Waals surface area contributed by atoms with E-state index in [9.17, 15) is 9.18 Å². The molecular formula is C12H17FN2O2. The molecule has 0 radical (unpaired) electrons. The third kappa shape index (κ3) is 3.42. The predicted molar refractivity (Wildman–Crippen MR) is 64.4 cm³/mol. The quantitative estimate of drug-likeness (QED) is 0.842. The van der Waals surface area contributed by atoms with E-state index in [1.54, 1.807) is 13.8 Å². The van der Waals surface area contributed by atoms with Crippen LogP contribution < -0.4 is 15.8 Å². The second-order valence-electron chi connectivity index (χ2n) is 3.98. The molecule has 0 aliphatic heterocycles. The van der Waals surface area contributed by atoms with Crippen LogP contribution in [0.3, 0.4) is 0 Å². The van der Waals surface area contributed by atoms with Gasteiger partial charge in [-0.3, -0.25) is 4.79 Å². The summed E-state index contributed by atoms with van der Waals surface area (Å²) in [7, 11) is 1.42. The van der Waals surface area contributed by atoms with Gasteiger partial charge in [0.2, 0.25) is 5.91 Å². The van der Waals surface area contributed by atoms with E-state index < -0.39 is 5.82 Å². The first kappa shape index (κ1) is 13.4. The first-order valence-electron chi connectivity index (χ1n) is 5.35. The van der Waals surface area contributed by atoms with Gasteiger partial charge in [-0.25, -0.2) is 4.39 Å². The van der Waals surface area contributed by atoms with Crippen molar-refractivity contribution < 1.29 is 13.9 Å². The molecule has 0 spiro atoms. The minimum absolute atomic E-state index is 0.218. The summed E-state index contributed by atoms with van der Waals surface area (Å²) in [6, 6.07) is 3.68. The van der Waals surface area contributed by atoms with Crippen molar-refractivity contribution in [1.82, 2.24) is 0 Å². The lowest BCUT2D eigenvalue weighted by Gasteiger charge is -2.16. The molecule has 0 bridgehead atoms. The molecule has 4 nitrogen and oxygen atoms in total. The largest absolute Gasteiger partial charge is 0.494 e. The topological polar surface area (TPSA) is 64.3 Å². The van der Waals surface area contributed by atoms with Crippen LogP contribution in [0, 0.1) is 11.7 Å². The average molecular weight is 240 g/mol. The summed E-state index contributed by atoms with van der Waals surface area (Å²) in [5, 5.41) is 2.66. The third-order valence-electron chi connectivity index (χ3n) is 2.62. The van der Waals surface area contributed by atoms with Crippen molar-refractivity contribution in [2.75, 3.05) is 12.4 Å². The summed E-state index contributed by atoms with van der Waals surface area (Å²) in [4.78, 5) is 11.8. The van der Waals surface area contributed by atoms with Crippen LogP contribution in [0.4, 0.5) is 10.1 Å². The lowest BCUT2D eigenvalue weighted by molar-refractivity contribution is -0.119. The Morgan fingerprint density at radius 2 is 2.12 bits per heavy atom. The Bertz CT molecular complexity index is 407. The maximum atomic E-state index is 12.9. The number of carbonyl (C=O) groups excluding carboxylic acids is 1. The van der Waals surface area contributed by atoms with Crippen LogP contribution in [0.2, 0.25) is 0 Å². The Labute approximate surface area is 100.0 Å². The lowest BCUT2D eigenvalue weighted by atomic mass is 10.0. The molecule has 1 rings (SSSR count). The van der Waals surface area contributed by atoms with E-state index in [0.717, 1.165) is 0 Å². The van der Waals surface area contributed by atoms with Gasteiger partial charge in [0, 0.05) is 12.1 Å². The van der Waals surface area contributed by atoms with Gasteiger partial charge in [-0.15, -0.1) is 0 Å². The highest BCUT2D eigenvalue weighted by molar-refractivity contribution is 5.94. The van der Waals surface area contributed by atoms with E-state index >= 15 is 0 Å². The van der Waals surface area contributed by atoms with E-state index in [-0.39, 0.29) is 23.6 Å². The number of amides is 1. The number of ether oxygens (including phenoxy) is 1. The van der Waals surface area contributed by atoms with Crippen LogP contribution in [0.15, 0.2) is 18.2 Å². The Balaban J connectivity index is 2.84. The van der Waals surface area contributed by atoms with Crippen molar-refractivity contribution in [3.63, 3.8) is 0 Å². The highest BCUT2D eigenvalue weighted by Gasteiger charge is 2.18. The standard InChI is InChI=1S/C12H17FN2O2/c1-7(8(2)14)12(16)15-10-5-4-9(13)6-11(10)17-3/h4-8H,14H2,1-3H3,(H,15,16). The molecule has 2 atom stereocenters. The summed E-state index contributed by atoms with van der Waals surface area (Å²) in [6.07, 6.45) is 0. The molecule has 5 heteroatoms. The lowest BCUT2D eigenvalue weighted by Crippen LogP contribution is -2.34. The number of nitrogens with one attached hydrogen (secondary N) is 1. The van der Waals surface area contributed by atoms with Crippen molar-refractivity contribution in [3.05, 3.63) is 24.0 Å². The second-order valence-corrected chi connectivity index (χ2v) is 3.98. The number of halogens is 1. The van der Waals surface area contributed by atoms with Gasteiger partial charge >= 0.3 is 0 Å². The van der Waals surface area contributed by atoms with Crippen LogP contribution in [-0.4, -0.2) is 19.1 Å². The fourth-order valence-electron chi connectivity index (χ4n) is 1.25. The SMILES string of the molecule is COc1cc(F)ccc1NC(=O)C(C)C(C)N. The molecule has 17 heavy (non-hydrogen) atoms. The summed E-state index contributed by atoms with van der Waals surface area (Å²) < 4.78 is 17.9. The van der Waals surface area contributed by atoms with Crippen LogP contribution in [0.1, 0.15) is 13.8 Å². The monoisotopic (exact) mass is 240 g/mol. The summed E-state index contributed by atoms with van der Waals surface area (Å²) >= 11 is 0. The molecule has 0 aliphatic rings. The van der Waals surface area contributed by atoms with Crippen LogP contribution in [0.25, 0.3) is 0 Å². The van der Waals surface area contributed by atoms with Gasteiger partial charge in [-0.2, -0.15) is 0 Å². The molecule has 0 aliphatic carbocycles. The molecule has 0 saturated carbocycles. The van der Waals surface area contributed by atoms with E-state index in [4.69, 9.17) is 10.5 Å². The van der Waals surface area contributed by atoms with E-state index in [1.165, 1.54) is 25.3 Å². The molecular weight excluding hydrogens is 223 g/mol. The third-order valence-corrected chi connectivity index (χ3v) is 2.62. The Hall–Kier alpha value is -1.62. The molecule has 94 valence electrons. The molecule has 0 fully saturated rings. The zero-order chi connectivity index (χ0) is 13.0. The van der Waals surface area contributed by atoms with Crippen molar-refractivity contribution >= 4 is 11.6 Å². The van der Waals surface area contributed by atoms with Gasteiger partial charge in [0.25, 0.3) is 0 Å². The zero-order valence-electron chi connectivity index (χ0n) is 10.2. The van der Waals surface area contributed by atoms with E-state index in [1.807, 2.05) is 0 Å². The first-order valence-corrected chi connectivity index (χ1v) is 5.35. The predicted octanol–water partition coefficient (Wildman–Crippen LogP) is 1.76. The molecule has 1 aromatic rings. The van der Waals surface area contributed by atoms with Gasteiger partial charge in [0.15, 0.2) is 0 Å². The highest BCUT2D eigenvalue weighted by atomic mass is 19.1. The fourth-order valence-corrected chi connectivity index (χ4v) is 1.25. The van der Waals surface area contributed by atoms with Gasteiger partial charge in [0.1, 0.15) is 11.6 Å². The van der Waals surface area contributed by atoms with Gasteiger partial charge in [-0.1, -0.05) is 6.92 Å². The number of rotatable bonds is 4. The van der Waals surface area contributed by atoms with E-state index in [2.05, 4.69) is 5.32 Å². The highest BCUT2D eigenvalue weighted by Crippen LogP contribution is 2.25. The van der Waals surface area contributed by atoms with Gasteiger partial charge < -0.3 is 15.8 Å². The molecule has 3 N–H and O–H groups in total. The normalized spacial score (nSPS) is 13.9. The minimum atomic E-state index is -0.417. The van der Waals surface area contributed by atoms with Crippen LogP contribution in [0.5, 0.6) is 5.75 Å². The maximum absolute atomic E-state index is 12.9. The van der Waals surface area contributed by atoms with Gasteiger partial charge in [-0.05, 0) is 19.1 Å². The summed E-state index contributed by atoms with van der Waals surface area (Å²) in [5.74, 6) is -0.676. The van der Waals surface area contributed by atoms with Crippen LogP contribution in [-0.2, 0) is 4.79 Å². The summed E-state index contributed by atoms with van der Waals surface area (Å²) in [6.45, 7) is 3.49. The molecule has 2 unspecified atom stereocenters. The zero-order valence-corrected chi connectivity index (χ0v) is 10.2. The molecule has 1 aromatic carbocycles. The van der Waals surface area contributed by atoms with Crippen LogP contribution >= 0.6 is 0 Å². The number of methoxy groups -OCH3 is 1. The molecule has 0 saturated heterocycles. The van der Waals surface area contributed by atoms with Crippen molar-refractivity contribution in [2.24, 2.45) is 11.7 Å². The Morgan fingerprint density at radius 3 is 2.65 bits per heavy atom. The minimum Gasteiger partial charge on any atom is -0.494 e. The maximum Gasteiger partial charge on any atom is 0.228 e. The number of hydrogen-bond acceptors (Lipinski definition) is 3. The number of hydrogen-bond donors (Lipinski definition) is 2. The molecule has 0 heterocycles. The van der Waals surface area contributed by atoms with Crippen molar-refractivity contribution in [2.45, 2.75) is 19.9 Å². The first-order chi connectivity index (χ1) is 7.95. The second kappa shape index (κ2) is 5.63. The number of benzene rings is 1. The van der Waals surface area contributed by atoms with Crippen molar-refractivity contribution in [3.8, 4) is 5.75 Å². The Morgan fingerprint density at radius 1 is 1.47 bits per heavy atom. The summed E-state index contributed by atoms with van der Waals surface area (Å²) in [5.41, 5.74) is 6.07. The van der Waals surface area contributed by atoms with Crippen molar-refractivity contribution in [1.29, 1.82) is 0 Å². The average Bonchev–Trinajstić information content (AvgIpc) is 2.30. The fraction of sp³-hybridized carbons (Fsp3) is 0.417. The number of anilines is 1. The van der Waals surface area contributed by atoms with E-state index in [0.29, 0.717) is 5.69 Å². The smallest absolute Gasteiger partial charge is 0.228 e. The molecule has 0 aromatic heterocycles.